The Bertz CT molecular complexity index is 1440. The molecule has 7 unspecified atom stereocenters. The molecule has 4 heterocycles. The van der Waals surface area contributed by atoms with Gasteiger partial charge in [-0.15, -0.1) is 0 Å². The summed E-state index contributed by atoms with van der Waals surface area (Å²) in [5.74, 6) is -0.246. The molecule has 5 rings (SSSR count). The van der Waals surface area contributed by atoms with Crippen molar-refractivity contribution in [3.8, 4) is 5.75 Å². The third kappa shape index (κ3) is 5.59. The number of carbonyl (C=O) groups is 2. The molecule has 0 radical (unpaired) electrons. The van der Waals surface area contributed by atoms with Crippen LogP contribution < -0.4 is 15.3 Å². The van der Waals surface area contributed by atoms with Gasteiger partial charge in [0, 0.05) is 0 Å². The number of ether oxygens (including phenoxy) is 4. The van der Waals surface area contributed by atoms with E-state index in [0.717, 1.165) is 0 Å². The number of nitrogens with one attached hydrogen (secondary N) is 1. The Morgan fingerprint density at radius 2 is 1.82 bits per heavy atom. The average Bonchev–Trinajstić information content (AvgIpc) is 3.57. The number of hydrogen-bond donors (Lipinski definition) is 2. The van der Waals surface area contributed by atoms with E-state index in [1.54, 1.807) is 55.7 Å². The summed E-state index contributed by atoms with van der Waals surface area (Å²) in [4.78, 5) is 37.0. The van der Waals surface area contributed by atoms with Crippen LogP contribution in [-0.4, -0.2) is 68.2 Å². The predicted molar refractivity (Wildman–Crippen MR) is 138 cm³/mol. The third-order valence-corrected chi connectivity index (χ3v) is 7.91. The van der Waals surface area contributed by atoms with Crippen molar-refractivity contribution in [3.63, 3.8) is 0 Å². The van der Waals surface area contributed by atoms with E-state index in [9.17, 15) is 14.2 Å². The van der Waals surface area contributed by atoms with Crippen LogP contribution in [-0.2, 0) is 32.8 Å². The van der Waals surface area contributed by atoms with Crippen molar-refractivity contribution in [1.29, 1.82) is 0 Å². The number of nitrogens with zero attached hydrogens (tertiary/aromatic N) is 4. The van der Waals surface area contributed by atoms with E-state index in [1.165, 1.54) is 19.6 Å². The SMILES string of the molecule is CC(C)OC(=O)C(C)NP(=O)(Oc1ccccc1)OC(C)C1OC(n2cnc3c(N)ncnc32)C2OC(=O)OC12. The molecule has 2 aromatic heterocycles. The molecule has 0 spiro atoms. The first-order chi connectivity index (χ1) is 19.0. The minimum absolute atomic E-state index is 0.168. The number of esters is 1. The number of rotatable bonds is 10. The molecule has 0 saturated carbocycles. The van der Waals surface area contributed by atoms with E-state index >= 15 is 0 Å². The zero-order valence-electron chi connectivity index (χ0n) is 22.1. The van der Waals surface area contributed by atoms with Crippen LogP contribution in [0.2, 0.25) is 0 Å². The van der Waals surface area contributed by atoms with Gasteiger partial charge in [0.25, 0.3) is 0 Å². The van der Waals surface area contributed by atoms with Gasteiger partial charge in [-0.2, -0.15) is 5.09 Å². The minimum Gasteiger partial charge on any atom is -0.462 e. The molecule has 3 aromatic rings. The zero-order chi connectivity index (χ0) is 28.6. The molecule has 0 amide bonds. The molecule has 0 aliphatic carbocycles. The Hall–Kier alpha value is -3.78. The number of nitrogens with two attached hydrogens (primary N) is 1. The maximum Gasteiger partial charge on any atom is 0.509 e. The lowest BCUT2D eigenvalue weighted by atomic mass is 10.1. The zero-order valence-corrected chi connectivity index (χ0v) is 23.0. The molecule has 2 aliphatic rings. The van der Waals surface area contributed by atoms with E-state index in [4.69, 9.17) is 33.7 Å². The lowest BCUT2D eigenvalue weighted by Crippen LogP contribution is -2.41. The molecule has 3 N–H and O–H groups in total. The Labute approximate surface area is 228 Å². The maximum atomic E-state index is 14.0. The largest absolute Gasteiger partial charge is 0.509 e. The molecule has 2 aliphatic heterocycles. The second-order valence-corrected chi connectivity index (χ2v) is 11.2. The van der Waals surface area contributed by atoms with Gasteiger partial charge in [-0.05, 0) is 39.8 Å². The standard InChI is InChI=1S/C24H29N6O9P/c1-12(2)34-23(31)13(3)29-40(33,39-15-8-6-5-7-9-15)38-14(4)17-18-19(37-24(32)36-18)22(35-17)30-11-28-16-20(25)26-10-27-21(16)30/h5-14,17-19,22H,1-4H3,(H,29,33)(H2,25,26,27). The lowest BCUT2D eigenvalue weighted by molar-refractivity contribution is -0.149. The number of carbonyl (C=O) groups excluding carboxylic acids is 2. The van der Waals surface area contributed by atoms with E-state index in [1.807, 2.05) is 0 Å². The molecule has 40 heavy (non-hydrogen) atoms. The summed E-state index contributed by atoms with van der Waals surface area (Å²) in [5, 5.41) is 2.63. The average molecular weight is 577 g/mol. The summed E-state index contributed by atoms with van der Waals surface area (Å²) in [6.07, 6.45) is -3.30. The van der Waals surface area contributed by atoms with Crippen LogP contribution in [0.5, 0.6) is 5.75 Å². The highest BCUT2D eigenvalue weighted by molar-refractivity contribution is 7.52. The highest BCUT2D eigenvalue weighted by Crippen LogP contribution is 2.49. The van der Waals surface area contributed by atoms with Crippen molar-refractivity contribution < 1.29 is 42.1 Å². The van der Waals surface area contributed by atoms with Crippen LogP contribution in [0.3, 0.4) is 0 Å². The number of benzene rings is 1. The Balaban J connectivity index is 1.40. The fourth-order valence-electron chi connectivity index (χ4n) is 4.43. The van der Waals surface area contributed by atoms with E-state index in [-0.39, 0.29) is 17.7 Å². The molecule has 7 atom stereocenters. The molecule has 1 aromatic carbocycles. The Kier molecular flexibility index (Phi) is 7.64. The van der Waals surface area contributed by atoms with Crippen LogP contribution in [0.15, 0.2) is 43.0 Å². The fraction of sp³-hybridized carbons (Fsp3) is 0.458. The molecule has 15 nitrogen and oxygen atoms in total. The van der Waals surface area contributed by atoms with E-state index in [2.05, 4.69) is 20.0 Å². The Morgan fingerprint density at radius 1 is 1.10 bits per heavy atom. The van der Waals surface area contributed by atoms with Gasteiger partial charge in [0.05, 0.1) is 18.5 Å². The van der Waals surface area contributed by atoms with Crippen molar-refractivity contribution in [2.24, 2.45) is 0 Å². The maximum absolute atomic E-state index is 14.0. The fourth-order valence-corrected chi connectivity index (χ4v) is 6.13. The predicted octanol–water partition coefficient (Wildman–Crippen LogP) is 2.73. The van der Waals surface area contributed by atoms with Gasteiger partial charge in [-0.25, -0.2) is 24.3 Å². The summed E-state index contributed by atoms with van der Waals surface area (Å²) in [5.41, 5.74) is 6.60. The third-order valence-electron chi connectivity index (χ3n) is 6.14. The quantitative estimate of drug-likeness (QED) is 0.265. The molecule has 2 saturated heterocycles. The van der Waals surface area contributed by atoms with Gasteiger partial charge < -0.3 is 29.2 Å². The number of para-hydroxylation sites is 1. The molecule has 214 valence electrons. The molecule has 0 bridgehead atoms. The van der Waals surface area contributed by atoms with Gasteiger partial charge in [0.15, 0.2) is 29.9 Å². The Morgan fingerprint density at radius 3 is 2.55 bits per heavy atom. The molecule has 2 fully saturated rings. The van der Waals surface area contributed by atoms with Crippen molar-refractivity contribution in [2.45, 2.75) is 70.5 Å². The summed E-state index contributed by atoms with van der Waals surface area (Å²) in [6.45, 7) is 6.44. The van der Waals surface area contributed by atoms with Gasteiger partial charge in [-0.3, -0.25) is 13.9 Å². The van der Waals surface area contributed by atoms with Gasteiger partial charge in [0.1, 0.15) is 29.7 Å². The summed E-state index contributed by atoms with van der Waals surface area (Å²) in [7, 11) is -4.25. The van der Waals surface area contributed by atoms with Crippen LogP contribution in [0, 0.1) is 0 Å². The van der Waals surface area contributed by atoms with Crippen molar-refractivity contribution in [2.75, 3.05) is 5.73 Å². The normalized spacial score (nSPS) is 25.1. The van der Waals surface area contributed by atoms with Crippen molar-refractivity contribution in [3.05, 3.63) is 43.0 Å². The highest BCUT2D eigenvalue weighted by atomic mass is 31.2. The molecular formula is C24H29N6O9P. The van der Waals surface area contributed by atoms with E-state index in [0.29, 0.717) is 11.2 Å². The minimum atomic E-state index is -4.25. The van der Waals surface area contributed by atoms with Crippen LogP contribution in [0.1, 0.15) is 33.9 Å². The van der Waals surface area contributed by atoms with Crippen LogP contribution >= 0.6 is 7.75 Å². The van der Waals surface area contributed by atoms with E-state index < -0.39 is 56.6 Å². The second kappa shape index (κ2) is 11.0. The van der Waals surface area contributed by atoms with Gasteiger partial charge >= 0.3 is 19.9 Å². The number of imidazole rings is 1. The van der Waals surface area contributed by atoms with Crippen molar-refractivity contribution in [1.82, 2.24) is 24.6 Å². The van der Waals surface area contributed by atoms with Crippen LogP contribution in [0.4, 0.5) is 10.6 Å². The first kappa shape index (κ1) is 27.8. The second-order valence-electron chi connectivity index (χ2n) is 9.54. The van der Waals surface area contributed by atoms with Gasteiger partial charge in [-0.1, -0.05) is 18.2 Å². The number of fused-ring (bicyclic) bond motifs is 2. The highest BCUT2D eigenvalue weighted by Gasteiger charge is 2.58. The van der Waals surface area contributed by atoms with Gasteiger partial charge in [0.2, 0.25) is 0 Å². The molecule has 16 heteroatoms. The lowest BCUT2D eigenvalue weighted by Gasteiger charge is -2.29. The summed E-state index contributed by atoms with van der Waals surface area (Å²) in [6, 6.07) is 7.26. The number of hydrogen-bond acceptors (Lipinski definition) is 13. The summed E-state index contributed by atoms with van der Waals surface area (Å²) < 4.78 is 49.5. The first-order valence-corrected chi connectivity index (χ1v) is 14.1. The number of aromatic nitrogens is 4. The first-order valence-electron chi connectivity index (χ1n) is 12.5. The number of nitrogen functional groups attached to an aromatic ring is 1. The number of anilines is 1. The van der Waals surface area contributed by atoms with Crippen LogP contribution in [0.25, 0.3) is 11.2 Å². The monoisotopic (exact) mass is 576 g/mol. The topological polar surface area (TPSA) is 188 Å². The smallest absolute Gasteiger partial charge is 0.462 e. The molecular weight excluding hydrogens is 547 g/mol. The summed E-state index contributed by atoms with van der Waals surface area (Å²) >= 11 is 0. The van der Waals surface area contributed by atoms with Crippen molar-refractivity contribution >= 4 is 36.9 Å².